The molecule has 1 unspecified atom stereocenters. The zero-order chi connectivity index (χ0) is 12.9. The molecule has 0 aromatic rings. The molecule has 0 heterocycles. The summed E-state index contributed by atoms with van der Waals surface area (Å²) in [6, 6.07) is 0. The van der Waals surface area contributed by atoms with Crippen LogP contribution < -0.4 is 0 Å². The van der Waals surface area contributed by atoms with E-state index in [2.05, 4.69) is 25.0 Å². The smallest absolute Gasteiger partial charge is 0.133 e. The lowest BCUT2D eigenvalue weighted by Crippen LogP contribution is -2.10. The van der Waals surface area contributed by atoms with Gasteiger partial charge < -0.3 is 4.74 Å². The summed E-state index contributed by atoms with van der Waals surface area (Å²) in [7, 11) is 1.73. The van der Waals surface area contributed by atoms with Crippen LogP contribution in [0.2, 0.25) is 0 Å². The number of terminal acetylenes is 1. The molecular weight excluding hydrogens is 212 g/mol. The van der Waals surface area contributed by atoms with Gasteiger partial charge in [-0.05, 0) is 25.7 Å². The largest absolute Gasteiger partial charge is 0.381 e. The highest BCUT2D eigenvalue weighted by Crippen LogP contribution is 2.10. The Morgan fingerprint density at radius 1 is 1.41 bits per heavy atom. The van der Waals surface area contributed by atoms with Crippen molar-refractivity contribution < 1.29 is 9.53 Å². The summed E-state index contributed by atoms with van der Waals surface area (Å²) in [5, 5.41) is 0. The molecule has 0 rings (SSSR count). The molecule has 96 valence electrons. The van der Waals surface area contributed by atoms with E-state index < -0.39 is 0 Å². The van der Waals surface area contributed by atoms with E-state index in [9.17, 15) is 4.79 Å². The molecule has 0 aromatic heterocycles. The lowest BCUT2D eigenvalue weighted by Gasteiger charge is -2.12. The molecule has 0 spiro atoms. The summed E-state index contributed by atoms with van der Waals surface area (Å²) in [6.45, 7) is 2.11. The molecule has 0 aliphatic rings. The normalized spacial score (nSPS) is 12.5. The second-order valence-corrected chi connectivity index (χ2v) is 4.11. The number of carbonyl (C=O) groups is 1. The van der Waals surface area contributed by atoms with Crippen LogP contribution in [0.15, 0.2) is 12.2 Å². The summed E-state index contributed by atoms with van der Waals surface area (Å²) in [6.07, 6.45) is 15.2. The van der Waals surface area contributed by atoms with Crippen LogP contribution in [0, 0.1) is 12.3 Å². The van der Waals surface area contributed by atoms with Crippen LogP contribution in [0.3, 0.4) is 0 Å². The molecular formula is C15H24O2. The van der Waals surface area contributed by atoms with Gasteiger partial charge in [-0.25, -0.2) is 0 Å². The minimum Gasteiger partial charge on any atom is -0.381 e. The summed E-state index contributed by atoms with van der Waals surface area (Å²) in [5.41, 5.74) is 0. The third-order valence-corrected chi connectivity index (χ3v) is 2.66. The number of methoxy groups -OCH3 is 1. The first-order chi connectivity index (χ1) is 8.24. The zero-order valence-electron chi connectivity index (χ0n) is 11.1. The summed E-state index contributed by atoms with van der Waals surface area (Å²) in [5.74, 6) is 2.75. The highest BCUT2D eigenvalue weighted by molar-refractivity contribution is 5.78. The first kappa shape index (κ1) is 15.9. The lowest BCUT2D eigenvalue weighted by molar-refractivity contribution is -0.119. The molecule has 17 heavy (non-hydrogen) atoms. The van der Waals surface area contributed by atoms with Crippen LogP contribution in [0.4, 0.5) is 0 Å². The first-order valence-corrected chi connectivity index (χ1v) is 6.37. The van der Waals surface area contributed by atoms with E-state index in [0.717, 1.165) is 25.7 Å². The number of allylic oxidation sites excluding steroid dienone is 1. The number of hydrogen-bond donors (Lipinski definition) is 0. The van der Waals surface area contributed by atoms with Crippen molar-refractivity contribution in [1.29, 1.82) is 0 Å². The maximum absolute atomic E-state index is 11.4. The Hall–Kier alpha value is -1.07. The standard InChI is InChI=1S/C15H24O2/c1-4-6-8-12-15(17-3)13-9-11-14(16)10-7-5-2/h2,6,8,15H,4,7,9-13H2,1,3H3/b8-6-. The number of Topliss-reactive ketones (excluding diaryl/α,β-unsaturated/α-hetero) is 1. The Bertz CT molecular complexity index is 261. The molecule has 0 aliphatic carbocycles. The second-order valence-electron chi connectivity index (χ2n) is 4.11. The van der Waals surface area contributed by atoms with E-state index in [-0.39, 0.29) is 11.9 Å². The van der Waals surface area contributed by atoms with Crippen molar-refractivity contribution in [2.75, 3.05) is 7.11 Å². The topological polar surface area (TPSA) is 26.3 Å². The number of rotatable bonds is 10. The summed E-state index contributed by atoms with van der Waals surface area (Å²) in [4.78, 5) is 11.4. The van der Waals surface area contributed by atoms with Crippen molar-refractivity contribution >= 4 is 5.78 Å². The SMILES string of the molecule is C#CCCC(=O)CCCC(C/C=C\CC)OC. The fourth-order valence-corrected chi connectivity index (χ4v) is 1.61. The van der Waals surface area contributed by atoms with Gasteiger partial charge in [0.05, 0.1) is 6.10 Å². The van der Waals surface area contributed by atoms with Gasteiger partial charge in [-0.3, -0.25) is 4.79 Å². The van der Waals surface area contributed by atoms with Crippen molar-refractivity contribution in [3.8, 4) is 12.3 Å². The van der Waals surface area contributed by atoms with E-state index in [1.165, 1.54) is 0 Å². The Balaban J connectivity index is 3.65. The molecule has 2 nitrogen and oxygen atoms in total. The van der Waals surface area contributed by atoms with Crippen LogP contribution in [0.25, 0.3) is 0 Å². The molecule has 2 heteroatoms. The fourth-order valence-electron chi connectivity index (χ4n) is 1.61. The highest BCUT2D eigenvalue weighted by atomic mass is 16.5. The number of ketones is 1. The lowest BCUT2D eigenvalue weighted by atomic mass is 10.0. The Morgan fingerprint density at radius 3 is 2.76 bits per heavy atom. The van der Waals surface area contributed by atoms with E-state index >= 15 is 0 Å². The molecule has 0 radical (unpaired) electrons. The molecule has 0 bridgehead atoms. The van der Waals surface area contributed by atoms with Gasteiger partial charge in [0.2, 0.25) is 0 Å². The maximum Gasteiger partial charge on any atom is 0.133 e. The monoisotopic (exact) mass is 236 g/mol. The highest BCUT2D eigenvalue weighted by Gasteiger charge is 2.07. The van der Waals surface area contributed by atoms with E-state index in [1.807, 2.05) is 0 Å². The Labute approximate surface area is 105 Å². The first-order valence-electron chi connectivity index (χ1n) is 6.37. The molecule has 0 N–H and O–H groups in total. The fraction of sp³-hybridized carbons (Fsp3) is 0.667. The van der Waals surface area contributed by atoms with Crippen LogP contribution in [-0.2, 0) is 9.53 Å². The minimum absolute atomic E-state index is 0.234. The van der Waals surface area contributed by atoms with Gasteiger partial charge in [0.15, 0.2) is 0 Å². The Kier molecular flexibility index (Phi) is 10.7. The molecule has 0 aliphatic heterocycles. The average Bonchev–Trinajstić information content (AvgIpc) is 2.34. The number of carbonyl (C=O) groups excluding carboxylic acids is 1. The van der Waals surface area contributed by atoms with E-state index in [0.29, 0.717) is 19.3 Å². The molecule has 1 atom stereocenters. The molecule has 0 saturated heterocycles. The van der Waals surface area contributed by atoms with Gasteiger partial charge >= 0.3 is 0 Å². The molecule has 0 saturated carbocycles. The van der Waals surface area contributed by atoms with Crippen molar-refractivity contribution in [1.82, 2.24) is 0 Å². The summed E-state index contributed by atoms with van der Waals surface area (Å²) >= 11 is 0. The predicted molar refractivity (Wildman–Crippen MR) is 71.8 cm³/mol. The quantitative estimate of drug-likeness (QED) is 0.428. The number of ether oxygens (including phenoxy) is 1. The Morgan fingerprint density at radius 2 is 2.18 bits per heavy atom. The minimum atomic E-state index is 0.234. The van der Waals surface area contributed by atoms with Crippen molar-refractivity contribution in [3.05, 3.63) is 12.2 Å². The third-order valence-electron chi connectivity index (χ3n) is 2.66. The van der Waals surface area contributed by atoms with Crippen molar-refractivity contribution in [2.45, 2.75) is 58.0 Å². The average molecular weight is 236 g/mol. The molecule has 0 aromatic carbocycles. The van der Waals surface area contributed by atoms with Crippen LogP contribution in [-0.4, -0.2) is 19.0 Å². The van der Waals surface area contributed by atoms with Crippen LogP contribution in [0.5, 0.6) is 0 Å². The maximum atomic E-state index is 11.4. The third kappa shape index (κ3) is 9.84. The van der Waals surface area contributed by atoms with E-state index in [4.69, 9.17) is 11.2 Å². The summed E-state index contributed by atoms with van der Waals surface area (Å²) < 4.78 is 5.36. The van der Waals surface area contributed by atoms with Gasteiger partial charge in [0.1, 0.15) is 5.78 Å². The van der Waals surface area contributed by atoms with Crippen LogP contribution in [0.1, 0.15) is 51.9 Å². The molecule has 0 fully saturated rings. The second kappa shape index (κ2) is 11.4. The van der Waals surface area contributed by atoms with Gasteiger partial charge in [-0.1, -0.05) is 19.1 Å². The number of hydrogen-bond acceptors (Lipinski definition) is 2. The zero-order valence-corrected chi connectivity index (χ0v) is 11.1. The van der Waals surface area contributed by atoms with E-state index in [1.54, 1.807) is 7.11 Å². The molecule has 0 amide bonds. The van der Waals surface area contributed by atoms with Gasteiger partial charge in [-0.15, -0.1) is 12.3 Å². The predicted octanol–water partition coefficient (Wildman–Crippen LogP) is 3.51. The van der Waals surface area contributed by atoms with Crippen molar-refractivity contribution in [2.24, 2.45) is 0 Å². The van der Waals surface area contributed by atoms with Crippen molar-refractivity contribution in [3.63, 3.8) is 0 Å². The van der Waals surface area contributed by atoms with Crippen LogP contribution >= 0.6 is 0 Å². The van der Waals surface area contributed by atoms with Gasteiger partial charge in [0, 0.05) is 26.4 Å². The van der Waals surface area contributed by atoms with Gasteiger partial charge in [0.25, 0.3) is 0 Å². The van der Waals surface area contributed by atoms with Gasteiger partial charge in [-0.2, -0.15) is 0 Å².